The second-order valence-corrected chi connectivity index (χ2v) is 8.44. The first-order valence-electron chi connectivity index (χ1n) is 10.9. The lowest BCUT2D eigenvalue weighted by Crippen LogP contribution is -2.49. The van der Waals surface area contributed by atoms with Gasteiger partial charge in [-0.1, -0.05) is 6.92 Å². The first-order chi connectivity index (χ1) is 13.7. The second-order valence-electron chi connectivity index (χ2n) is 8.44. The molecule has 1 amide bonds. The zero-order chi connectivity index (χ0) is 19.3. The summed E-state index contributed by atoms with van der Waals surface area (Å²) in [4.78, 5) is 19.8. The Hall–Kier alpha value is -1.63. The number of hydrogen-bond acceptors (Lipinski definition) is 5. The van der Waals surface area contributed by atoms with Crippen LogP contribution in [0.25, 0.3) is 0 Å². The molecule has 1 aromatic rings. The van der Waals surface area contributed by atoms with E-state index in [-0.39, 0.29) is 11.8 Å². The van der Waals surface area contributed by atoms with Gasteiger partial charge in [0.05, 0.1) is 13.2 Å². The Balaban J connectivity index is 1.20. The lowest BCUT2D eigenvalue weighted by molar-refractivity contribution is -0.119. The van der Waals surface area contributed by atoms with Crippen molar-refractivity contribution in [3.63, 3.8) is 0 Å². The molecule has 6 heteroatoms. The Bertz CT molecular complexity index is 632. The van der Waals surface area contributed by atoms with Gasteiger partial charge in [-0.2, -0.15) is 0 Å². The number of carbonyl (C=O) groups is 1. The van der Waals surface area contributed by atoms with Gasteiger partial charge >= 0.3 is 0 Å². The number of rotatable bonds is 7. The van der Waals surface area contributed by atoms with Crippen molar-refractivity contribution in [1.29, 1.82) is 0 Å². The highest BCUT2D eigenvalue weighted by Crippen LogP contribution is 2.37. The summed E-state index contributed by atoms with van der Waals surface area (Å²) >= 11 is 0. The third-order valence-corrected chi connectivity index (χ3v) is 6.45. The molecular weight excluding hydrogens is 352 g/mol. The zero-order valence-electron chi connectivity index (χ0n) is 17.1. The Morgan fingerprint density at radius 1 is 1.00 bits per heavy atom. The molecule has 0 bridgehead atoms. The van der Waals surface area contributed by atoms with Gasteiger partial charge in [-0.15, -0.1) is 0 Å². The Kier molecular flexibility index (Phi) is 6.50. The van der Waals surface area contributed by atoms with Crippen LogP contribution in [-0.4, -0.2) is 81.3 Å². The molecule has 1 atom stereocenters. The van der Waals surface area contributed by atoms with Gasteiger partial charge in [-0.25, -0.2) is 0 Å². The fourth-order valence-corrected chi connectivity index (χ4v) is 4.16. The summed E-state index contributed by atoms with van der Waals surface area (Å²) in [6.07, 6.45) is 2.40. The van der Waals surface area contributed by atoms with Gasteiger partial charge in [0.15, 0.2) is 0 Å². The molecule has 1 N–H and O–H groups in total. The molecule has 1 saturated carbocycles. The van der Waals surface area contributed by atoms with Crippen LogP contribution in [0.3, 0.4) is 0 Å². The van der Waals surface area contributed by atoms with Crippen molar-refractivity contribution in [2.24, 2.45) is 11.8 Å². The maximum atomic E-state index is 12.3. The number of benzene rings is 1. The number of anilines is 2. The third-order valence-electron chi connectivity index (χ3n) is 6.45. The first-order valence-corrected chi connectivity index (χ1v) is 10.9. The number of morpholine rings is 1. The van der Waals surface area contributed by atoms with Crippen LogP contribution < -0.4 is 10.2 Å². The average Bonchev–Trinajstić information content (AvgIpc) is 3.59. The molecule has 2 aliphatic heterocycles. The molecule has 2 heterocycles. The standard InChI is InChI=1S/C22H34N4O2/c1-18(19-2-3-19)22(27)23-20-4-6-21(7-5-20)26-12-10-24(11-13-26)8-9-25-14-16-28-17-15-25/h4-7,18-19H,2-3,8-17H2,1H3,(H,23,27). The average molecular weight is 387 g/mol. The first kappa shape index (κ1) is 19.7. The number of piperazine rings is 1. The summed E-state index contributed by atoms with van der Waals surface area (Å²) in [7, 11) is 0. The monoisotopic (exact) mass is 386 g/mol. The molecule has 2 saturated heterocycles. The van der Waals surface area contributed by atoms with E-state index in [4.69, 9.17) is 4.74 Å². The minimum Gasteiger partial charge on any atom is -0.379 e. The molecule has 154 valence electrons. The van der Waals surface area contributed by atoms with Crippen molar-refractivity contribution in [2.75, 3.05) is 75.8 Å². The summed E-state index contributed by atoms with van der Waals surface area (Å²) in [6.45, 7) is 12.6. The Labute approximate surface area is 168 Å². The molecule has 3 aliphatic rings. The van der Waals surface area contributed by atoms with E-state index < -0.39 is 0 Å². The molecular formula is C22H34N4O2. The van der Waals surface area contributed by atoms with Crippen molar-refractivity contribution in [1.82, 2.24) is 9.80 Å². The summed E-state index contributed by atoms with van der Waals surface area (Å²) in [5.74, 6) is 0.883. The molecule has 1 unspecified atom stereocenters. The van der Waals surface area contributed by atoms with Gasteiger partial charge in [0.25, 0.3) is 0 Å². The highest BCUT2D eigenvalue weighted by Gasteiger charge is 2.32. The van der Waals surface area contributed by atoms with Crippen LogP contribution in [0.4, 0.5) is 11.4 Å². The van der Waals surface area contributed by atoms with Gasteiger partial charge in [-0.05, 0) is 43.0 Å². The van der Waals surface area contributed by atoms with Crippen molar-refractivity contribution < 1.29 is 9.53 Å². The second kappa shape index (κ2) is 9.25. The minimum atomic E-state index is 0.130. The lowest BCUT2D eigenvalue weighted by Gasteiger charge is -2.37. The summed E-state index contributed by atoms with van der Waals surface area (Å²) < 4.78 is 5.42. The minimum absolute atomic E-state index is 0.130. The molecule has 28 heavy (non-hydrogen) atoms. The van der Waals surface area contributed by atoms with E-state index in [0.29, 0.717) is 5.92 Å². The molecule has 1 aromatic carbocycles. The molecule has 0 radical (unpaired) electrons. The largest absolute Gasteiger partial charge is 0.379 e. The lowest BCUT2D eigenvalue weighted by atomic mass is 10.1. The van der Waals surface area contributed by atoms with Crippen LogP contribution in [0.2, 0.25) is 0 Å². The van der Waals surface area contributed by atoms with Gasteiger partial charge in [0.2, 0.25) is 5.91 Å². The predicted molar refractivity (Wildman–Crippen MR) is 113 cm³/mol. The molecule has 3 fully saturated rings. The van der Waals surface area contributed by atoms with Gasteiger partial charge in [0.1, 0.15) is 0 Å². The summed E-state index contributed by atoms with van der Waals surface area (Å²) in [5.41, 5.74) is 2.16. The van der Waals surface area contributed by atoms with E-state index in [0.717, 1.165) is 71.3 Å². The number of nitrogens with one attached hydrogen (secondary N) is 1. The Morgan fingerprint density at radius 2 is 1.61 bits per heavy atom. The van der Waals surface area contributed by atoms with Crippen LogP contribution in [0.5, 0.6) is 0 Å². The van der Waals surface area contributed by atoms with Gasteiger partial charge in [0, 0.05) is 69.7 Å². The predicted octanol–water partition coefficient (Wildman–Crippen LogP) is 2.13. The topological polar surface area (TPSA) is 48.1 Å². The highest BCUT2D eigenvalue weighted by atomic mass is 16.5. The van der Waals surface area contributed by atoms with E-state index >= 15 is 0 Å². The van der Waals surface area contributed by atoms with E-state index in [1.54, 1.807) is 0 Å². The van der Waals surface area contributed by atoms with E-state index in [9.17, 15) is 4.79 Å². The van der Waals surface area contributed by atoms with Crippen LogP contribution in [0.1, 0.15) is 19.8 Å². The maximum Gasteiger partial charge on any atom is 0.227 e. The smallest absolute Gasteiger partial charge is 0.227 e. The van der Waals surface area contributed by atoms with Crippen molar-refractivity contribution in [3.05, 3.63) is 24.3 Å². The quantitative estimate of drug-likeness (QED) is 0.778. The zero-order valence-corrected chi connectivity index (χ0v) is 17.1. The SMILES string of the molecule is CC(C(=O)Nc1ccc(N2CCN(CCN3CCOCC3)CC2)cc1)C1CC1. The molecule has 0 aromatic heterocycles. The normalized spacial score (nSPS) is 22.8. The highest BCUT2D eigenvalue weighted by molar-refractivity contribution is 5.92. The summed E-state index contributed by atoms with van der Waals surface area (Å²) in [6, 6.07) is 8.36. The number of amides is 1. The fourth-order valence-electron chi connectivity index (χ4n) is 4.16. The van der Waals surface area contributed by atoms with E-state index in [1.807, 2.05) is 19.1 Å². The number of hydrogen-bond donors (Lipinski definition) is 1. The molecule has 4 rings (SSSR count). The van der Waals surface area contributed by atoms with Gasteiger partial charge < -0.3 is 15.0 Å². The van der Waals surface area contributed by atoms with Crippen LogP contribution in [-0.2, 0) is 9.53 Å². The summed E-state index contributed by atoms with van der Waals surface area (Å²) in [5, 5.41) is 3.07. The van der Waals surface area contributed by atoms with Crippen molar-refractivity contribution >= 4 is 17.3 Å². The van der Waals surface area contributed by atoms with E-state index in [2.05, 4.69) is 32.1 Å². The Morgan fingerprint density at radius 3 is 2.21 bits per heavy atom. The molecule has 6 nitrogen and oxygen atoms in total. The number of nitrogens with zero attached hydrogens (tertiary/aromatic N) is 3. The maximum absolute atomic E-state index is 12.3. The number of carbonyl (C=O) groups excluding carboxylic acids is 1. The van der Waals surface area contributed by atoms with Crippen LogP contribution in [0, 0.1) is 11.8 Å². The van der Waals surface area contributed by atoms with Crippen LogP contribution in [0.15, 0.2) is 24.3 Å². The van der Waals surface area contributed by atoms with Crippen molar-refractivity contribution in [3.8, 4) is 0 Å². The van der Waals surface area contributed by atoms with E-state index in [1.165, 1.54) is 18.5 Å². The molecule has 1 aliphatic carbocycles. The number of ether oxygens (including phenoxy) is 1. The van der Waals surface area contributed by atoms with Crippen molar-refractivity contribution in [2.45, 2.75) is 19.8 Å². The fraction of sp³-hybridized carbons (Fsp3) is 0.682. The third kappa shape index (κ3) is 5.25. The molecule has 0 spiro atoms. The van der Waals surface area contributed by atoms with Crippen LogP contribution >= 0.6 is 0 Å². The van der Waals surface area contributed by atoms with Gasteiger partial charge in [-0.3, -0.25) is 14.6 Å².